The number of likely N-dealkylation sites (tertiary alicyclic amines) is 1. The highest BCUT2D eigenvalue weighted by molar-refractivity contribution is 5.69. The number of carbonyl (C=O) groups is 1. The van der Waals surface area contributed by atoms with Crippen LogP contribution in [0.1, 0.15) is 18.9 Å². The van der Waals surface area contributed by atoms with Crippen molar-refractivity contribution in [2.45, 2.75) is 26.0 Å². The maximum atomic E-state index is 11.5. The highest BCUT2D eigenvalue weighted by Crippen LogP contribution is 2.17. The molecule has 0 aromatic heterocycles. The number of amides is 1. The number of hydrogen-bond acceptors (Lipinski definition) is 2. The molecule has 1 aromatic carbocycles. The van der Waals surface area contributed by atoms with Crippen LogP contribution < -0.4 is 0 Å². The molecular weight excluding hydrogens is 190 g/mol. The zero-order valence-electron chi connectivity index (χ0n) is 8.85. The summed E-state index contributed by atoms with van der Waals surface area (Å²) in [5.74, 6) is 0. The van der Waals surface area contributed by atoms with Crippen LogP contribution in [-0.2, 0) is 11.3 Å². The van der Waals surface area contributed by atoms with E-state index in [1.54, 1.807) is 4.90 Å². The lowest BCUT2D eigenvalue weighted by atomic mass is 10.1. The van der Waals surface area contributed by atoms with Gasteiger partial charge in [0.1, 0.15) is 6.61 Å². The summed E-state index contributed by atoms with van der Waals surface area (Å²) in [5, 5.41) is 0. The van der Waals surface area contributed by atoms with Crippen molar-refractivity contribution in [1.29, 1.82) is 0 Å². The number of rotatable bonds is 2. The topological polar surface area (TPSA) is 29.5 Å². The molecule has 1 aliphatic heterocycles. The molecule has 0 bridgehead atoms. The zero-order chi connectivity index (χ0) is 10.7. The molecule has 1 aliphatic rings. The first-order chi connectivity index (χ1) is 7.27. The summed E-state index contributed by atoms with van der Waals surface area (Å²) in [6.07, 6.45) is 0.887. The van der Waals surface area contributed by atoms with Crippen LogP contribution in [-0.4, -0.2) is 23.6 Å². The molecule has 0 N–H and O–H groups in total. The van der Waals surface area contributed by atoms with Gasteiger partial charge in [-0.2, -0.15) is 0 Å². The fraction of sp³-hybridized carbons (Fsp3) is 0.417. The van der Waals surface area contributed by atoms with E-state index < -0.39 is 0 Å². The predicted octanol–water partition coefficient (Wildman–Crippen LogP) is 2.42. The Morgan fingerprint density at radius 3 is 2.73 bits per heavy atom. The van der Waals surface area contributed by atoms with E-state index in [0.29, 0.717) is 12.6 Å². The molecule has 1 saturated heterocycles. The minimum atomic E-state index is -0.197. The average Bonchev–Trinajstić information content (AvgIpc) is 2.26. The monoisotopic (exact) mass is 205 g/mol. The largest absolute Gasteiger partial charge is 0.445 e. The fourth-order valence-corrected chi connectivity index (χ4v) is 1.59. The van der Waals surface area contributed by atoms with E-state index in [-0.39, 0.29) is 6.09 Å². The first-order valence-corrected chi connectivity index (χ1v) is 5.24. The Hall–Kier alpha value is -1.51. The predicted molar refractivity (Wildman–Crippen MR) is 57.4 cm³/mol. The van der Waals surface area contributed by atoms with E-state index in [0.717, 1.165) is 18.5 Å². The summed E-state index contributed by atoms with van der Waals surface area (Å²) in [6, 6.07) is 10.1. The molecule has 80 valence electrons. The second kappa shape index (κ2) is 4.34. The van der Waals surface area contributed by atoms with Gasteiger partial charge in [-0.1, -0.05) is 30.3 Å². The molecule has 2 rings (SSSR count). The fourth-order valence-electron chi connectivity index (χ4n) is 1.59. The van der Waals surface area contributed by atoms with Crippen LogP contribution in [0.15, 0.2) is 30.3 Å². The molecule has 1 aromatic rings. The van der Waals surface area contributed by atoms with Gasteiger partial charge in [0.25, 0.3) is 0 Å². The first kappa shape index (κ1) is 10.0. The summed E-state index contributed by atoms with van der Waals surface area (Å²) in [5.41, 5.74) is 1.03. The van der Waals surface area contributed by atoms with Crippen molar-refractivity contribution in [1.82, 2.24) is 4.90 Å². The van der Waals surface area contributed by atoms with Gasteiger partial charge in [-0.25, -0.2) is 4.79 Å². The van der Waals surface area contributed by atoms with Gasteiger partial charge in [-0.05, 0) is 18.9 Å². The second-order valence-electron chi connectivity index (χ2n) is 3.87. The summed E-state index contributed by atoms with van der Waals surface area (Å²) in [6.45, 7) is 3.23. The number of benzene rings is 1. The highest BCUT2D eigenvalue weighted by Gasteiger charge is 2.29. The van der Waals surface area contributed by atoms with Crippen LogP contribution >= 0.6 is 0 Å². The molecule has 0 unspecified atom stereocenters. The third kappa shape index (κ3) is 2.29. The molecule has 3 heteroatoms. The zero-order valence-corrected chi connectivity index (χ0v) is 8.85. The highest BCUT2D eigenvalue weighted by atomic mass is 16.6. The van der Waals surface area contributed by atoms with E-state index in [1.165, 1.54) is 0 Å². The standard InChI is InChI=1S/C12H15NO2/c1-10-7-8-13(10)12(14)15-9-11-5-3-2-4-6-11/h2-6,10H,7-9H2,1H3/t10-/m0/s1. The molecule has 0 spiro atoms. The molecule has 0 radical (unpaired) electrons. The lowest BCUT2D eigenvalue weighted by Gasteiger charge is -2.37. The van der Waals surface area contributed by atoms with E-state index in [2.05, 4.69) is 0 Å². The smallest absolute Gasteiger partial charge is 0.410 e. The normalized spacial score (nSPS) is 19.5. The van der Waals surface area contributed by atoms with E-state index >= 15 is 0 Å². The maximum absolute atomic E-state index is 11.5. The Balaban J connectivity index is 1.81. The first-order valence-electron chi connectivity index (χ1n) is 5.24. The summed E-state index contributed by atoms with van der Waals surface area (Å²) in [7, 11) is 0. The summed E-state index contributed by atoms with van der Waals surface area (Å²) in [4.78, 5) is 13.3. The number of nitrogens with zero attached hydrogens (tertiary/aromatic N) is 1. The number of hydrogen-bond donors (Lipinski definition) is 0. The molecule has 0 aliphatic carbocycles. The lowest BCUT2D eigenvalue weighted by Crippen LogP contribution is -2.49. The Bertz CT molecular complexity index is 337. The molecular formula is C12H15NO2. The quantitative estimate of drug-likeness (QED) is 0.742. The Morgan fingerprint density at radius 1 is 1.47 bits per heavy atom. The van der Waals surface area contributed by atoms with Crippen molar-refractivity contribution in [3.8, 4) is 0 Å². The Morgan fingerprint density at radius 2 is 2.20 bits per heavy atom. The van der Waals surface area contributed by atoms with Gasteiger partial charge >= 0.3 is 6.09 Å². The third-order valence-corrected chi connectivity index (χ3v) is 2.76. The van der Waals surface area contributed by atoms with Crippen LogP contribution in [0.4, 0.5) is 4.79 Å². The van der Waals surface area contributed by atoms with Crippen LogP contribution in [0.2, 0.25) is 0 Å². The third-order valence-electron chi connectivity index (χ3n) is 2.76. The van der Waals surface area contributed by atoms with E-state index in [4.69, 9.17) is 4.74 Å². The van der Waals surface area contributed by atoms with Crippen molar-refractivity contribution in [3.05, 3.63) is 35.9 Å². The van der Waals surface area contributed by atoms with Crippen LogP contribution in [0, 0.1) is 0 Å². The number of carbonyl (C=O) groups excluding carboxylic acids is 1. The molecule has 1 fully saturated rings. The van der Waals surface area contributed by atoms with Gasteiger partial charge in [0.2, 0.25) is 0 Å². The van der Waals surface area contributed by atoms with Gasteiger partial charge in [0, 0.05) is 12.6 Å². The van der Waals surface area contributed by atoms with Crippen LogP contribution in [0.3, 0.4) is 0 Å². The molecule has 1 amide bonds. The Kier molecular flexibility index (Phi) is 2.90. The van der Waals surface area contributed by atoms with Crippen molar-refractivity contribution < 1.29 is 9.53 Å². The van der Waals surface area contributed by atoms with Gasteiger partial charge in [-0.15, -0.1) is 0 Å². The Labute approximate surface area is 89.7 Å². The van der Waals surface area contributed by atoms with Gasteiger partial charge < -0.3 is 9.64 Å². The minimum Gasteiger partial charge on any atom is -0.445 e. The van der Waals surface area contributed by atoms with Crippen molar-refractivity contribution in [2.75, 3.05) is 6.54 Å². The lowest BCUT2D eigenvalue weighted by molar-refractivity contribution is 0.0497. The number of ether oxygens (including phenoxy) is 1. The van der Waals surface area contributed by atoms with Crippen molar-refractivity contribution in [3.63, 3.8) is 0 Å². The molecule has 3 nitrogen and oxygen atoms in total. The van der Waals surface area contributed by atoms with E-state index in [1.807, 2.05) is 37.3 Å². The molecule has 0 saturated carbocycles. The second-order valence-corrected chi connectivity index (χ2v) is 3.87. The summed E-state index contributed by atoms with van der Waals surface area (Å²) >= 11 is 0. The maximum Gasteiger partial charge on any atom is 0.410 e. The molecule has 1 atom stereocenters. The van der Waals surface area contributed by atoms with E-state index in [9.17, 15) is 4.79 Å². The summed E-state index contributed by atoms with van der Waals surface area (Å²) < 4.78 is 5.19. The van der Waals surface area contributed by atoms with Crippen molar-refractivity contribution >= 4 is 6.09 Å². The van der Waals surface area contributed by atoms with Crippen molar-refractivity contribution in [2.24, 2.45) is 0 Å². The average molecular weight is 205 g/mol. The molecule has 1 heterocycles. The van der Waals surface area contributed by atoms with Crippen LogP contribution in [0.5, 0.6) is 0 Å². The SMILES string of the molecule is C[C@H]1CCN1C(=O)OCc1ccccc1. The van der Waals surface area contributed by atoms with Crippen LogP contribution in [0.25, 0.3) is 0 Å². The minimum absolute atomic E-state index is 0.197. The van der Waals surface area contributed by atoms with Gasteiger partial charge in [-0.3, -0.25) is 0 Å². The molecule has 15 heavy (non-hydrogen) atoms. The van der Waals surface area contributed by atoms with Gasteiger partial charge in [0.05, 0.1) is 0 Å². The van der Waals surface area contributed by atoms with Gasteiger partial charge in [0.15, 0.2) is 0 Å².